The van der Waals surface area contributed by atoms with E-state index in [-0.39, 0.29) is 17.8 Å². The van der Waals surface area contributed by atoms with Gasteiger partial charge in [0, 0.05) is 23.7 Å². The summed E-state index contributed by atoms with van der Waals surface area (Å²) in [4.78, 5) is 27.3. The van der Waals surface area contributed by atoms with Gasteiger partial charge in [0.05, 0.1) is 12.6 Å². The van der Waals surface area contributed by atoms with E-state index in [0.29, 0.717) is 25.4 Å². The van der Waals surface area contributed by atoms with E-state index in [1.54, 1.807) is 17.0 Å². The van der Waals surface area contributed by atoms with Crippen LogP contribution < -0.4 is 4.90 Å². The van der Waals surface area contributed by atoms with E-state index in [2.05, 4.69) is 11.8 Å². The van der Waals surface area contributed by atoms with E-state index in [9.17, 15) is 9.18 Å². The van der Waals surface area contributed by atoms with Crippen LogP contribution in [0.1, 0.15) is 80.1 Å². The number of amides is 1. The molecule has 164 valence electrons. The Labute approximate surface area is 183 Å². The highest BCUT2D eigenvalue weighted by atomic mass is 19.1. The van der Waals surface area contributed by atoms with E-state index in [4.69, 9.17) is 9.97 Å². The zero-order chi connectivity index (χ0) is 21.4. The number of rotatable bonds is 4. The number of aryl methyl sites for hydroxylation is 1. The summed E-state index contributed by atoms with van der Waals surface area (Å²) in [6, 6.07) is 7.26. The molecule has 0 N–H and O–H groups in total. The van der Waals surface area contributed by atoms with E-state index in [1.165, 1.54) is 50.7 Å². The predicted molar refractivity (Wildman–Crippen MR) is 118 cm³/mol. The molecule has 1 atom stereocenters. The number of carbonyl (C=O) groups is 1. The quantitative estimate of drug-likeness (QED) is 0.705. The van der Waals surface area contributed by atoms with Crippen molar-refractivity contribution in [3.63, 3.8) is 0 Å². The van der Waals surface area contributed by atoms with Crippen LogP contribution in [0, 0.1) is 12.7 Å². The number of halogens is 1. The number of nitrogens with zero attached hydrogens (tertiary/aromatic N) is 4. The lowest BCUT2D eigenvalue weighted by atomic mass is 9.93. The average Bonchev–Trinajstić information content (AvgIpc) is 3.28. The van der Waals surface area contributed by atoms with Crippen LogP contribution in [0.3, 0.4) is 0 Å². The molecule has 6 heteroatoms. The van der Waals surface area contributed by atoms with Gasteiger partial charge in [0.2, 0.25) is 5.91 Å². The molecule has 0 bridgehead atoms. The Balaban J connectivity index is 1.47. The fourth-order valence-electron chi connectivity index (χ4n) is 5.60. The van der Waals surface area contributed by atoms with Gasteiger partial charge in [0.25, 0.3) is 0 Å². The normalized spacial score (nSPS) is 22.7. The van der Waals surface area contributed by atoms with E-state index in [1.807, 2.05) is 0 Å². The van der Waals surface area contributed by atoms with E-state index < -0.39 is 0 Å². The third kappa shape index (κ3) is 4.10. The summed E-state index contributed by atoms with van der Waals surface area (Å²) >= 11 is 0. The van der Waals surface area contributed by atoms with Gasteiger partial charge in [0.1, 0.15) is 17.5 Å². The van der Waals surface area contributed by atoms with Gasteiger partial charge in [-0.05, 0) is 63.3 Å². The summed E-state index contributed by atoms with van der Waals surface area (Å²) in [5.74, 6) is 1.45. The first-order chi connectivity index (χ1) is 15.1. The molecule has 1 saturated carbocycles. The minimum Gasteiger partial charge on any atom is -0.292 e. The van der Waals surface area contributed by atoms with Crippen LogP contribution in [0.5, 0.6) is 0 Å². The molecule has 1 amide bonds. The molecular weight excluding hydrogens is 391 g/mol. The predicted octanol–water partition coefficient (Wildman–Crippen LogP) is 4.87. The van der Waals surface area contributed by atoms with Crippen molar-refractivity contribution in [3.8, 4) is 0 Å². The van der Waals surface area contributed by atoms with Crippen LogP contribution in [-0.4, -0.2) is 33.4 Å². The first-order valence-corrected chi connectivity index (χ1v) is 11.8. The number of hydrogen-bond donors (Lipinski definition) is 0. The van der Waals surface area contributed by atoms with Crippen LogP contribution in [0.25, 0.3) is 0 Å². The number of aromatic nitrogens is 2. The molecule has 0 unspecified atom stereocenters. The standard InChI is InChI=1S/C25H31FN4O/c1-17-21-13-14-23(31)30(16-18-9-11-19(26)12-10-18)25(21)28-24(27-17)22-8-5-15-29(22)20-6-3-2-4-7-20/h9-12,20,22H,2-8,13-16H2,1H3/t22-/m0/s1. The van der Waals surface area contributed by atoms with Gasteiger partial charge in [0.15, 0.2) is 0 Å². The second kappa shape index (κ2) is 8.65. The molecule has 5 nitrogen and oxygen atoms in total. The fourth-order valence-corrected chi connectivity index (χ4v) is 5.60. The Bertz CT molecular complexity index is 955. The molecular formula is C25H31FN4O. The van der Waals surface area contributed by atoms with E-state index >= 15 is 0 Å². The SMILES string of the molecule is Cc1nc([C@@H]2CCCN2C2CCCCC2)nc2c1CCC(=O)N2Cc1ccc(F)cc1. The number of likely N-dealkylation sites (tertiary alicyclic amines) is 1. The molecule has 0 spiro atoms. The Morgan fingerprint density at radius 2 is 1.77 bits per heavy atom. The average molecular weight is 423 g/mol. The van der Waals surface area contributed by atoms with Crippen molar-refractivity contribution in [3.05, 3.63) is 52.7 Å². The maximum Gasteiger partial charge on any atom is 0.228 e. The first kappa shape index (κ1) is 20.6. The lowest BCUT2D eigenvalue weighted by Gasteiger charge is -2.36. The van der Waals surface area contributed by atoms with Gasteiger partial charge in [-0.1, -0.05) is 31.4 Å². The Morgan fingerprint density at radius 1 is 1.00 bits per heavy atom. The second-order valence-corrected chi connectivity index (χ2v) is 9.26. The van der Waals surface area contributed by atoms with Gasteiger partial charge >= 0.3 is 0 Å². The molecule has 31 heavy (non-hydrogen) atoms. The van der Waals surface area contributed by atoms with Gasteiger partial charge in [-0.15, -0.1) is 0 Å². The second-order valence-electron chi connectivity index (χ2n) is 9.26. The molecule has 1 aromatic carbocycles. The van der Waals surface area contributed by atoms with Crippen molar-refractivity contribution in [1.82, 2.24) is 14.9 Å². The molecule has 2 aliphatic heterocycles. The van der Waals surface area contributed by atoms with Crippen molar-refractivity contribution in [1.29, 1.82) is 0 Å². The lowest BCUT2D eigenvalue weighted by molar-refractivity contribution is -0.119. The highest BCUT2D eigenvalue weighted by Gasteiger charge is 2.36. The van der Waals surface area contributed by atoms with Crippen LogP contribution in [0.2, 0.25) is 0 Å². The lowest BCUT2D eigenvalue weighted by Crippen LogP contribution is -2.39. The molecule has 0 radical (unpaired) electrons. The molecule has 1 saturated heterocycles. The summed E-state index contributed by atoms with van der Waals surface area (Å²) in [5, 5.41) is 0. The molecule has 5 rings (SSSR count). The summed E-state index contributed by atoms with van der Waals surface area (Å²) in [7, 11) is 0. The van der Waals surface area contributed by atoms with Crippen molar-refractivity contribution in [2.75, 3.05) is 11.4 Å². The van der Waals surface area contributed by atoms with Gasteiger partial charge in [-0.25, -0.2) is 14.4 Å². The molecule has 2 aromatic rings. The fraction of sp³-hybridized carbons (Fsp3) is 0.560. The molecule has 3 heterocycles. The summed E-state index contributed by atoms with van der Waals surface area (Å²) < 4.78 is 13.3. The minimum atomic E-state index is -0.265. The summed E-state index contributed by atoms with van der Waals surface area (Å²) in [5.41, 5.74) is 2.98. The number of benzene rings is 1. The smallest absolute Gasteiger partial charge is 0.228 e. The molecule has 1 aromatic heterocycles. The van der Waals surface area contributed by atoms with E-state index in [0.717, 1.165) is 41.4 Å². The van der Waals surface area contributed by atoms with Crippen molar-refractivity contribution in [2.24, 2.45) is 0 Å². The Morgan fingerprint density at radius 3 is 2.55 bits per heavy atom. The summed E-state index contributed by atoms with van der Waals surface area (Å²) in [6.45, 7) is 3.59. The number of hydrogen-bond acceptors (Lipinski definition) is 4. The zero-order valence-electron chi connectivity index (χ0n) is 18.3. The monoisotopic (exact) mass is 422 g/mol. The van der Waals surface area contributed by atoms with Gasteiger partial charge in [-0.3, -0.25) is 14.6 Å². The first-order valence-electron chi connectivity index (χ1n) is 11.8. The zero-order valence-corrected chi connectivity index (χ0v) is 18.3. The highest BCUT2D eigenvalue weighted by Crippen LogP contribution is 2.38. The molecule has 2 fully saturated rings. The van der Waals surface area contributed by atoms with Crippen LogP contribution in [-0.2, 0) is 17.8 Å². The largest absolute Gasteiger partial charge is 0.292 e. The topological polar surface area (TPSA) is 49.3 Å². The van der Waals surface area contributed by atoms with Gasteiger partial charge < -0.3 is 0 Å². The van der Waals surface area contributed by atoms with Crippen LogP contribution >= 0.6 is 0 Å². The van der Waals surface area contributed by atoms with Gasteiger partial charge in [-0.2, -0.15) is 0 Å². The van der Waals surface area contributed by atoms with Crippen molar-refractivity contribution < 1.29 is 9.18 Å². The summed E-state index contributed by atoms with van der Waals surface area (Å²) in [6.07, 6.45) is 9.96. The molecule has 3 aliphatic rings. The third-order valence-electron chi connectivity index (χ3n) is 7.24. The number of fused-ring (bicyclic) bond motifs is 1. The minimum absolute atomic E-state index is 0.0800. The van der Waals surface area contributed by atoms with Crippen molar-refractivity contribution in [2.45, 2.75) is 83.3 Å². The van der Waals surface area contributed by atoms with Crippen LogP contribution in [0.4, 0.5) is 10.2 Å². The maximum atomic E-state index is 13.3. The van der Waals surface area contributed by atoms with Crippen molar-refractivity contribution >= 4 is 11.7 Å². The maximum absolute atomic E-state index is 13.3. The number of anilines is 1. The van der Waals surface area contributed by atoms with Crippen LogP contribution in [0.15, 0.2) is 24.3 Å². The number of carbonyl (C=O) groups excluding carboxylic acids is 1. The highest BCUT2D eigenvalue weighted by molar-refractivity contribution is 5.95. The Hall–Kier alpha value is -2.34. The third-order valence-corrected chi connectivity index (χ3v) is 7.24. The molecule has 1 aliphatic carbocycles. The Kier molecular flexibility index (Phi) is 5.74.